The highest BCUT2D eigenvalue weighted by Gasteiger charge is 2.37. The van der Waals surface area contributed by atoms with E-state index in [4.69, 9.17) is 19.6 Å². The number of ether oxygens (including phenoxy) is 2. The smallest absolute Gasteiger partial charge is 0.379 e. The van der Waals surface area contributed by atoms with Gasteiger partial charge in [-0.05, 0) is 42.8 Å². The summed E-state index contributed by atoms with van der Waals surface area (Å²) in [6.07, 6.45) is 1.35. The second kappa shape index (κ2) is 10.7. The lowest BCUT2D eigenvalue weighted by atomic mass is 9.96. The van der Waals surface area contributed by atoms with Gasteiger partial charge in [0.05, 0.1) is 41.9 Å². The van der Waals surface area contributed by atoms with Gasteiger partial charge in [0, 0.05) is 5.56 Å². The highest BCUT2D eigenvalue weighted by molar-refractivity contribution is 7.07. The van der Waals surface area contributed by atoms with Crippen molar-refractivity contribution in [3.05, 3.63) is 115 Å². The standard InChI is InChI=1S/C30H22N4O8S/c1-15-22(29(39)40-2)24(16-9-11-17(12-10-16)42-28(38)20-8-5-13-41-20)34-27(37)25(43-30(34)32-15)23-18-6-3-4-7-19(18)33(26(23)36)14-21(31)35/h3-13,24H,14H2,1-2H3,(H2,31,35)/b25-23-/t24-/m0/s1. The maximum absolute atomic E-state index is 14.2. The maximum Gasteiger partial charge on any atom is 0.379 e. The van der Waals surface area contributed by atoms with Crippen LogP contribution in [0, 0.1) is 0 Å². The number of anilines is 1. The summed E-state index contributed by atoms with van der Waals surface area (Å²) in [6.45, 7) is 1.27. The number of carbonyl (C=O) groups is 4. The van der Waals surface area contributed by atoms with Crippen molar-refractivity contribution in [2.45, 2.75) is 13.0 Å². The molecule has 0 fully saturated rings. The molecule has 2 amide bonds. The number of amides is 2. The minimum absolute atomic E-state index is 0.0291. The highest BCUT2D eigenvalue weighted by Crippen LogP contribution is 2.35. The molecule has 0 aliphatic carbocycles. The van der Waals surface area contributed by atoms with E-state index in [1.807, 2.05) is 0 Å². The molecular formula is C30H22N4O8S. The first-order valence-electron chi connectivity index (χ1n) is 12.9. The molecule has 0 spiro atoms. The number of nitrogens with zero attached hydrogens (tertiary/aromatic N) is 3. The average Bonchev–Trinajstić information content (AvgIpc) is 3.70. The first kappa shape index (κ1) is 27.6. The van der Waals surface area contributed by atoms with Gasteiger partial charge in [-0.25, -0.2) is 14.6 Å². The summed E-state index contributed by atoms with van der Waals surface area (Å²) in [5.41, 5.74) is 6.83. The van der Waals surface area contributed by atoms with Crippen LogP contribution in [-0.2, 0) is 19.1 Å². The number of benzene rings is 2. The SMILES string of the molecule is COC(=O)C1=C(C)N=c2s/c(=C3\C(=O)N(CC(N)=O)c4ccccc43)c(=O)n2[C@H]1c1ccc(OC(=O)c2ccco2)cc1. The summed E-state index contributed by atoms with van der Waals surface area (Å²) in [5.74, 6) is -2.39. The number of nitrogens with two attached hydrogens (primary N) is 1. The molecule has 6 rings (SSSR count). The Morgan fingerprint density at radius 3 is 2.44 bits per heavy atom. The zero-order valence-corrected chi connectivity index (χ0v) is 23.5. The van der Waals surface area contributed by atoms with Gasteiger partial charge in [0.2, 0.25) is 11.7 Å². The van der Waals surface area contributed by atoms with Gasteiger partial charge >= 0.3 is 11.9 Å². The summed E-state index contributed by atoms with van der Waals surface area (Å²) < 4.78 is 16.9. The van der Waals surface area contributed by atoms with Gasteiger partial charge < -0.3 is 19.6 Å². The lowest BCUT2D eigenvalue weighted by molar-refractivity contribution is -0.136. The van der Waals surface area contributed by atoms with Crippen molar-refractivity contribution >= 4 is 46.4 Å². The Bertz CT molecular complexity index is 2040. The van der Waals surface area contributed by atoms with Gasteiger partial charge in [-0.2, -0.15) is 0 Å². The van der Waals surface area contributed by atoms with Crippen molar-refractivity contribution in [1.29, 1.82) is 0 Å². The minimum atomic E-state index is -0.971. The molecule has 4 heterocycles. The van der Waals surface area contributed by atoms with E-state index in [1.165, 1.54) is 41.0 Å². The quantitative estimate of drug-likeness (QED) is 0.257. The zero-order chi connectivity index (χ0) is 30.4. The molecule has 2 aromatic heterocycles. The Morgan fingerprint density at radius 2 is 1.77 bits per heavy atom. The Balaban J connectivity index is 1.50. The van der Waals surface area contributed by atoms with E-state index >= 15 is 0 Å². The number of esters is 2. The van der Waals surface area contributed by atoms with E-state index in [-0.39, 0.29) is 38.5 Å². The van der Waals surface area contributed by atoms with Crippen LogP contribution in [-0.4, -0.2) is 42.0 Å². The molecule has 12 nitrogen and oxygen atoms in total. The maximum atomic E-state index is 14.2. The summed E-state index contributed by atoms with van der Waals surface area (Å²) in [4.78, 5) is 70.8. The molecule has 4 aromatic rings. The zero-order valence-electron chi connectivity index (χ0n) is 22.7. The van der Waals surface area contributed by atoms with Crippen LogP contribution in [0.1, 0.15) is 34.6 Å². The van der Waals surface area contributed by atoms with Crippen LogP contribution in [0.25, 0.3) is 5.57 Å². The van der Waals surface area contributed by atoms with Crippen molar-refractivity contribution in [3.8, 4) is 5.75 Å². The van der Waals surface area contributed by atoms with Crippen molar-refractivity contribution < 1.29 is 33.1 Å². The van der Waals surface area contributed by atoms with Gasteiger partial charge in [0.1, 0.15) is 16.8 Å². The molecule has 13 heteroatoms. The molecule has 0 saturated carbocycles. The fourth-order valence-corrected chi connectivity index (χ4v) is 6.28. The number of allylic oxidation sites excluding steroid dienone is 1. The number of hydrogen-bond donors (Lipinski definition) is 1. The van der Waals surface area contributed by atoms with E-state index in [0.29, 0.717) is 22.5 Å². The third-order valence-electron chi connectivity index (χ3n) is 7.00. The normalized spacial score (nSPS) is 16.8. The van der Waals surface area contributed by atoms with Gasteiger partial charge in [0.25, 0.3) is 11.5 Å². The second-order valence-electron chi connectivity index (χ2n) is 9.58. The molecule has 0 saturated heterocycles. The van der Waals surface area contributed by atoms with Crippen molar-refractivity contribution in [2.75, 3.05) is 18.6 Å². The van der Waals surface area contributed by atoms with Crippen LogP contribution in [0.4, 0.5) is 5.69 Å². The Kier molecular flexibility index (Phi) is 6.86. The van der Waals surface area contributed by atoms with E-state index in [1.54, 1.807) is 49.4 Å². The number of para-hydroxylation sites is 1. The lowest BCUT2D eigenvalue weighted by Crippen LogP contribution is -2.41. The van der Waals surface area contributed by atoms with Crippen LogP contribution in [0.3, 0.4) is 0 Å². The number of hydrogen-bond acceptors (Lipinski definition) is 10. The second-order valence-corrected chi connectivity index (χ2v) is 10.6. The first-order chi connectivity index (χ1) is 20.7. The molecule has 2 aliphatic heterocycles. The number of carbonyl (C=O) groups excluding carboxylic acids is 4. The Morgan fingerprint density at radius 1 is 1.02 bits per heavy atom. The van der Waals surface area contributed by atoms with Crippen molar-refractivity contribution in [1.82, 2.24) is 4.57 Å². The molecule has 216 valence electrons. The molecule has 1 atom stereocenters. The van der Waals surface area contributed by atoms with Crippen LogP contribution < -0.4 is 30.3 Å². The molecule has 0 radical (unpaired) electrons. The topological polar surface area (TPSA) is 164 Å². The van der Waals surface area contributed by atoms with Crippen LogP contribution in [0.2, 0.25) is 0 Å². The van der Waals surface area contributed by atoms with Gasteiger partial charge in [0.15, 0.2) is 4.80 Å². The molecule has 43 heavy (non-hydrogen) atoms. The van der Waals surface area contributed by atoms with Crippen LogP contribution >= 0.6 is 11.3 Å². The summed E-state index contributed by atoms with van der Waals surface area (Å²) in [6, 6.07) is 15.1. The van der Waals surface area contributed by atoms with E-state index in [9.17, 15) is 24.0 Å². The lowest BCUT2D eigenvalue weighted by Gasteiger charge is -2.24. The fourth-order valence-electron chi connectivity index (χ4n) is 5.14. The van der Waals surface area contributed by atoms with Gasteiger partial charge in [-0.3, -0.25) is 23.9 Å². The Hall–Kier alpha value is -5.56. The van der Waals surface area contributed by atoms with Crippen LogP contribution in [0.15, 0.2) is 92.4 Å². The van der Waals surface area contributed by atoms with E-state index in [2.05, 4.69) is 4.99 Å². The fraction of sp³-hybridized carbons (Fsp3) is 0.133. The third kappa shape index (κ3) is 4.65. The van der Waals surface area contributed by atoms with Gasteiger partial charge in [-0.15, -0.1) is 0 Å². The van der Waals surface area contributed by atoms with Crippen molar-refractivity contribution in [2.24, 2.45) is 10.7 Å². The summed E-state index contributed by atoms with van der Waals surface area (Å²) in [5, 5.41) is 0. The molecule has 0 unspecified atom stereocenters. The van der Waals surface area contributed by atoms with Crippen LogP contribution in [0.5, 0.6) is 5.75 Å². The Labute approximate surface area is 246 Å². The average molecular weight is 599 g/mol. The predicted octanol–water partition coefficient (Wildman–Crippen LogP) is 1.42. The predicted molar refractivity (Wildman–Crippen MR) is 153 cm³/mol. The molecule has 2 N–H and O–H groups in total. The van der Waals surface area contributed by atoms with E-state index < -0.39 is 35.4 Å². The number of fused-ring (bicyclic) bond motifs is 2. The molecule has 2 aromatic carbocycles. The van der Waals surface area contributed by atoms with Crippen molar-refractivity contribution in [3.63, 3.8) is 0 Å². The summed E-state index contributed by atoms with van der Waals surface area (Å²) >= 11 is 0.998. The van der Waals surface area contributed by atoms with Gasteiger partial charge in [-0.1, -0.05) is 41.7 Å². The number of rotatable bonds is 6. The number of methoxy groups -OCH3 is 1. The third-order valence-corrected chi connectivity index (χ3v) is 8.05. The number of aromatic nitrogens is 1. The molecule has 0 bridgehead atoms. The monoisotopic (exact) mass is 598 g/mol. The largest absolute Gasteiger partial charge is 0.466 e. The number of thiazole rings is 1. The number of furan rings is 1. The molecular weight excluding hydrogens is 576 g/mol. The highest BCUT2D eigenvalue weighted by atomic mass is 32.1. The first-order valence-corrected chi connectivity index (χ1v) is 13.7. The van der Waals surface area contributed by atoms with E-state index in [0.717, 1.165) is 11.3 Å². The molecule has 2 aliphatic rings. The number of primary amides is 1. The summed E-state index contributed by atoms with van der Waals surface area (Å²) in [7, 11) is 1.23. The minimum Gasteiger partial charge on any atom is -0.466 e.